The van der Waals surface area contributed by atoms with E-state index in [0.29, 0.717) is 29.3 Å². The summed E-state index contributed by atoms with van der Waals surface area (Å²) in [5.41, 5.74) is 2.35. The van der Waals surface area contributed by atoms with Crippen LogP contribution in [0.25, 0.3) is 0 Å². The lowest BCUT2D eigenvalue weighted by molar-refractivity contribution is -0.135. The zero-order valence-corrected chi connectivity index (χ0v) is 19.4. The molecule has 2 fully saturated rings. The number of hydrogen-bond acceptors (Lipinski definition) is 5. The summed E-state index contributed by atoms with van der Waals surface area (Å²) in [6.45, 7) is 4.73. The number of carbonyl (C=O) groups is 3. The van der Waals surface area contributed by atoms with Gasteiger partial charge >= 0.3 is 5.97 Å². The van der Waals surface area contributed by atoms with Gasteiger partial charge in [0.1, 0.15) is 5.54 Å². The Morgan fingerprint density at radius 2 is 2.03 bits per heavy atom. The number of carbonyl (C=O) groups excluding carboxylic acids is 3. The molecule has 7 nitrogen and oxygen atoms in total. The lowest BCUT2D eigenvalue weighted by Gasteiger charge is -2.36. The zero-order chi connectivity index (χ0) is 23.3. The van der Waals surface area contributed by atoms with Gasteiger partial charge in [-0.1, -0.05) is 11.6 Å². The number of fused-ring (bicyclic) bond motifs is 4. The number of aryl methyl sites for hydroxylation is 1. The summed E-state index contributed by atoms with van der Waals surface area (Å²) >= 11 is 6.40. The van der Waals surface area contributed by atoms with Gasteiger partial charge in [-0.25, -0.2) is 4.79 Å². The molecule has 3 unspecified atom stereocenters. The van der Waals surface area contributed by atoms with Crippen LogP contribution in [0.3, 0.4) is 0 Å². The van der Waals surface area contributed by atoms with E-state index in [-0.39, 0.29) is 17.9 Å². The van der Waals surface area contributed by atoms with Gasteiger partial charge in [0.25, 0.3) is 0 Å². The van der Waals surface area contributed by atoms with Crippen molar-refractivity contribution in [3.63, 3.8) is 0 Å². The molecule has 2 aromatic rings. The highest BCUT2D eigenvalue weighted by Crippen LogP contribution is 2.56. The second-order valence-electron chi connectivity index (χ2n) is 8.93. The van der Waals surface area contributed by atoms with Crippen molar-refractivity contribution in [3.05, 3.63) is 58.1 Å². The number of ether oxygens (including phenoxy) is 1. The maximum absolute atomic E-state index is 13.6. The molecule has 0 radical (unpaired) electrons. The first kappa shape index (κ1) is 21.9. The molecule has 0 saturated carbocycles. The number of nitrogens with one attached hydrogen (secondary N) is 2. The molecule has 3 atom stereocenters. The number of benzene rings is 2. The molecular formula is C25H26ClN3O4. The van der Waals surface area contributed by atoms with Crippen molar-refractivity contribution in [3.8, 4) is 0 Å². The Morgan fingerprint density at radius 3 is 2.76 bits per heavy atom. The van der Waals surface area contributed by atoms with Gasteiger partial charge in [-0.15, -0.1) is 0 Å². The van der Waals surface area contributed by atoms with Crippen molar-refractivity contribution in [2.24, 2.45) is 5.92 Å². The predicted molar refractivity (Wildman–Crippen MR) is 125 cm³/mol. The van der Waals surface area contributed by atoms with E-state index in [1.807, 2.05) is 19.1 Å². The number of esters is 1. The fourth-order valence-electron chi connectivity index (χ4n) is 5.79. The van der Waals surface area contributed by atoms with E-state index in [1.165, 1.54) is 0 Å². The van der Waals surface area contributed by atoms with Crippen LogP contribution in [0.5, 0.6) is 0 Å². The Labute approximate surface area is 197 Å². The number of amides is 2. The molecule has 1 spiro atoms. The molecule has 2 aromatic carbocycles. The van der Waals surface area contributed by atoms with Crippen LogP contribution in [0, 0.1) is 12.8 Å². The van der Waals surface area contributed by atoms with Crippen LogP contribution in [0.2, 0.25) is 5.02 Å². The minimum absolute atomic E-state index is 0.162. The minimum Gasteiger partial charge on any atom is -0.462 e. The van der Waals surface area contributed by atoms with Crippen molar-refractivity contribution < 1.29 is 19.1 Å². The Bertz CT molecular complexity index is 1150. The van der Waals surface area contributed by atoms with Crippen LogP contribution in [0.15, 0.2) is 36.4 Å². The average molecular weight is 468 g/mol. The van der Waals surface area contributed by atoms with E-state index in [9.17, 15) is 14.4 Å². The number of nitrogens with zero attached hydrogens (tertiary/aromatic N) is 1. The largest absolute Gasteiger partial charge is 0.462 e. The molecule has 2 amide bonds. The molecule has 0 bridgehead atoms. The lowest BCUT2D eigenvalue weighted by atomic mass is 9.78. The first-order chi connectivity index (χ1) is 15.9. The highest BCUT2D eigenvalue weighted by Gasteiger charge is 2.65. The molecule has 0 aliphatic carbocycles. The minimum atomic E-state index is -1.07. The van der Waals surface area contributed by atoms with Gasteiger partial charge < -0.3 is 15.4 Å². The van der Waals surface area contributed by atoms with Crippen LogP contribution >= 0.6 is 11.6 Å². The normalized spacial score (nSPS) is 25.6. The van der Waals surface area contributed by atoms with E-state index in [1.54, 1.807) is 31.2 Å². The fourth-order valence-corrected chi connectivity index (χ4v) is 6.06. The third-order valence-corrected chi connectivity index (χ3v) is 7.34. The molecule has 172 valence electrons. The topological polar surface area (TPSA) is 87.7 Å². The Kier molecular flexibility index (Phi) is 5.41. The van der Waals surface area contributed by atoms with Gasteiger partial charge in [0, 0.05) is 28.0 Å². The number of hydrogen-bond donors (Lipinski definition) is 2. The fraction of sp³-hybridized carbons (Fsp3) is 0.400. The van der Waals surface area contributed by atoms with Gasteiger partial charge in [0.05, 0.1) is 18.1 Å². The molecule has 0 aromatic heterocycles. The summed E-state index contributed by atoms with van der Waals surface area (Å²) in [7, 11) is 0. The lowest BCUT2D eigenvalue weighted by Crippen LogP contribution is -2.53. The molecular weight excluding hydrogens is 442 g/mol. The number of anilines is 2. The van der Waals surface area contributed by atoms with Gasteiger partial charge in [0.15, 0.2) is 0 Å². The highest BCUT2D eigenvalue weighted by molar-refractivity contribution is 6.31. The predicted octanol–water partition coefficient (Wildman–Crippen LogP) is 4.10. The second-order valence-corrected chi connectivity index (χ2v) is 9.37. The van der Waals surface area contributed by atoms with E-state index >= 15 is 0 Å². The summed E-state index contributed by atoms with van der Waals surface area (Å²) in [5, 5.41) is 6.57. The first-order valence-electron chi connectivity index (χ1n) is 11.3. The van der Waals surface area contributed by atoms with Crippen molar-refractivity contribution in [1.82, 2.24) is 4.90 Å². The van der Waals surface area contributed by atoms with Crippen LogP contribution in [-0.2, 0) is 19.9 Å². The highest BCUT2D eigenvalue weighted by atomic mass is 35.5. The van der Waals surface area contributed by atoms with Crippen molar-refractivity contribution >= 4 is 40.8 Å². The molecule has 33 heavy (non-hydrogen) atoms. The summed E-state index contributed by atoms with van der Waals surface area (Å²) in [6.07, 6.45) is 2.56. The monoisotopic (exact) mass is 467 g/mol. The molecule has 3 aliphatic heterocycles. The molecule has 3 aliphatic rings. The van der Waals surface area contributed by atoms with Gasteiger partial charge in [-0.2, -0.15) is 0 Å². The number of halogens is 1. The van der Waals surface area contributed by atoms with E-state index in [4.69, 9.17) is 16.3 Å². The Morgan fingerprint density at radius 1 is 1.27 bits per heavy atom. The summed E-state index contributed by atoms with van der Waals surface area (Å²) in [6, 6.07) is 10.4. The molecule has 3 heterocycles. The van der Waals surface area contributed by atoms with Crippen LogP contribution < -0.4 is 10.6 Å². The Hall–Kier alpha value is -2.90. The van der Waals surface area contributed by atoms with Gasteiger partial charge in [0.2, 0.25) is 11.8 Å². The zero-order valence-electron chi connectivity index (χ0n) is 18.6. The van der Waals surface area contributed by atoms with Gasteiger partial charge in [-0.3, -0.25) is 14.5 Å². The van der Waals surface area contributed by atoms with Crippen LogP contribution in [-0.4, -0.2) is 41.9 Å². The summed E-state index contributed by atoms with van der Waals surface area (Å²) in [5.74, 6) is -1.34. The summed E-state index contributed by atoms with van der Waals surface area (Å²) in [4.78, 5) is 41.3. The first-order valence-corrected chi connectivity index (χ1v) is 11.7. The van der Waals surface area contributed by atoms with Crippen molar-refractivity contribution in [2.45, 2.75) is 44.7 Å². The van der Waals surface area contributed by atoms with E-state index in [2.05, 4.69) is 15.5 Å². The second kappa shape index (κ2) is 8.15. The SMILES string of the molecule is CCOC(=O)c1ccc(NC(=O)C2CC3CCCN3C23C(=O)Nc2c(C)cc(Cl)cc23)cc1. The van der Waals surface area contributed by atoms with Crippen LogP contribution in [0.4, 0.5) is 11.4 Å². The van der Waals surface area contributed by atoms with Crippen LogP contribution in [0.1, 0.15) is 47.7 Å². The maximum atomic E-state index is 13.6. The van der Waals surface area contributed by atoms with Gasteiger partial charge in [-0.05, 0) is 81.6 Å². The van der Waals surface area contributed by atoms with Crippen molar-refractivity contribution in [2.75, 3.05) is 23.8 Å². The third kappa shape index (κ3) is 3.33. The smallest absolute Gasteiger partial charge is 0.338 e. The third-order valence-electron chi connectivity index (χ3n) is 7.12. The maximum Gasteiger partial charge on any atom is 0.338 e. The number of rotatable bonds is 4. The quantitative estimate of drug-likeness (QED) is 0.661. The molecule has 2 saturated heterocycles. The van der Waals surface area contributed by atoms with E-state index in [0.717, 1.165) is 36.2 Å². The standard InChI is InChI=1S/C25H26ClN3O4/c1-3-33-23(31)15-6-8-17(9-7-15)27-22(30)20-13-18-5-4-10-29(18)25(20)19-12-16(26)11-14(2)21(19)28-24(25)32/h6-9,11-12,18,20H,3-5,10,13H2,1-2H3,(H,27,30)(H,28,32). The molecule has 2 N–H and O–H groups in total. The molecule has 5 rings (SSSR count). The average Bonchev–Trinajstić information content (AvgIpc) is 3.44. The van der Waals surface area contributed by atoms with E-state index < -0.39 is 17.4 Å². The van der Waals surface area contributed by atoms with Crippen molar-refractivity contribution in [1.29, 1.82) is 0 Å². The summed E-state index contributed by atoms with van der Waals surface area (Å²) < 4.78 is 5.01. The Balaban J connectivity index is 1.49. The molecule has 8 heteroatoms.